The lowest BCUT2D eigenvalue weighted by molar-refractivity contribution is -0.0452. The van der Waals surface area contributed by atoms with Crippen LogP contribution in [-0.4, -0.2) is 23.4 Å². The molecule has 0 aliphatic heterocycles. The second kappa shape index (κ2) is 5.99. The van der Waals surface area contributed by atoms with Gasteiger partial charge in [0.15, 0.2) is 0 Å². The van der Waals surface area contributed by atoms with Crippen molar-refractivity contribution in [3.8, 4) is 0 Å². The lowest BCUT2D eigenvalue weighted by atomic mass is 9.87. The van der Waals surface area contributed by atoms with Crippen LogP contribution in [0.5, 0.6) is 0 Å². The zero-order valence-electron chi connectivity index (χ0n) is 12.2. The fourth-order valence-corrected chi connectivity index (χ4v) is 2.94. The molecule has 1 saturated carbocycles. The molecule has 1 aromatic heterocycles. The third-order valence-electron chi connectivity index (χ3n) is 4.28. The number of benzene rings is 1. The maximum atomic E-state index is 13.1. The molecule has 0 unspecified atom stereocenters. The van der Waals surface area contributed by atoms with Crippen LogP contribution in [0.2, 0.25) is 0 Å². The molecule has 22 heavy (non-hydrogen) atoms. The number of rotatable bonds is 3. The highest BCUT2D eigenvalue weighted by molar-refractivity contribution is 6.06. The number of hydrogen-bond donors (Lipinski definition) is 1. The molecule has 0 radical (unpaired) electrons. The summed E-state index contributed by atoms with van der Waals surface area (Å²) >= 11 is 0. The van der Waals surface area contributed by atoms with Gasteiger partial charge in [0.05, 0.1) is 5.52 Å². The highest BCUT2D eigenvalue weighted by Gasteiger charge is 2.34. The van der Waals surface area contributed by atoms with Gasteiger partial charge in [-0.15, -0.1) is 0 Å². The molecule has 0 spiro atoms. The molecule has 116 valence electrons. The molecule has 1 amide bonds. The molecule has 0 saturated heterocycles. The fraction of sp³-hybridized carbons (Fsp3) is 0.412. The van der Waals surface area contributed by atoms with Crippen LogP contribution in [0.15, 0.2) is 36.5 Å². The maximum Gasteiger partial charge on any atom is 0.251 e. The third kappa shape index (κ3) is 3.24. The molecule has 0 bridgehead atoms. The summed E-state index contributed by atoms with van der Waals surface area (Å²) in [6.07, 6.45) is 2.46. The van der Waals surface area contributed by atoms with E-state index in [1.165, 1.54) is 0 Å². The van der Waals surface area contributed by atoms with E-state index in [0.717, 1.165) is 10.9 Å². The van der Waals surface area contributed by atoms with Crippen LogP contribution >= 0.6 is 0 Å². The molecule has 3 nitrogen and oxygen atoms in total. The standard InChI is InChI=1S/C17H18F2N2O/c18-17(19)8-6-12(7-9-17)11-21-16(22)14-3-1-5-15-13(14)4-2-10-20-15/h1-5,10,12H,6-9,11H2,(H,21,22). The van der Waals surface area contributed by atoms with Gasteiger partial charge >= 0.3 is 0 Å². The minimum absolute atomic E-state index is 0.0777. The zero-order valence-corrected chi connectivity index (χ0v) is 12.2. The Hall–Kier alpha value is -2.04. The topological polar surface area (TPSA) is 42.0 Å². The summed E-state index contributed by atoms with van der Waals surface area (Å²) in [6.45, 7) is 0.450. The number of carbonyl (C=O) groups excluding carboxylic acids is 1. The number of nitrogens with zero attached hydrogens (tertiary/aromatic N) is 1. The van der Waals surface area contributed by atoms with Gasteiger partial charge in [-0.05, 0) is 37.0 Å². The largest absolute Gasteiger partial charge is 0.352 e. The molecule has 1 aromatic carbocycles. The molecule has 1 heterocycles. The number of alkyl halides is 2. The summed E-state index contributed by atoms with van der Waals surface area (Å²) in [4.78, 5) is 16.6. The number of pyridine rings is 1. The van der Waals surface area contributed by atoms with Gasteiger partial charge in [0.25, 0.3) is 5.91 Å². The van der Waals surface area contributed by atoms with Crippen LogP contribution in [0.1, 0.15) is 36.0 Å². The predicted octanol–water partition coefficient (Wildman–Crippen LogP) is 3.79. The first-order valence-electron chi connectivity index (χ1n) is 7.55. The molecule has 0 atom stereocenters. The Morgan fingerprint density at radius 3 is 2.77 bits per heavy atom. The van der Waals surface area contributed by atoms with Gasteiger partial charge in [-0.2, -0.15) is 0 Å². The van der Waals surface area contributed by atoms with Crippen molar-refractivity contribution in [2.24, 2.45) is 5.92 Å². The molecule has 1 aliphatic carbocycles. The number of halogens is 2. The van der Waals surface area contributed by atoms with Crippen molar-refractivity contribution in [3.05, 3.63) is 42.1 Å². The number of hydrogen-bond acceptors (Lipinski definition) is 2. The van der Waals surface area contributed by atoms with Crippen molar-refractivity contribution in [1.29, 1.82) is 0 Å². The van der Waals surface area contributed by atoms with Crippen LogP contribution in [0, 0.1) is 5.92 Å². The van der Waals surface area contributed by atoms with Gasteiger partial charge < -0.3 is 5.32 Å². The number of nitrogens with one attached hydrogen (secondary N) is 1. The molecule has 1 N–H and O–H groups in total. The molecule has 1 aliphatic rings. The van der Waals surface area contributed by atoms with Crippen LogP contribution in [0.3, 0.4) is 0 Å². The Labute approximate surface area is 127 Å². The van der Waals surface area contributed by atoms with Crippen molar-refractivity contribution in [1.82, 2.24) is 10.3 Å². The minimum Gasteiger partial charge on any atom is -0.352 e. The van der Waals surface area contributed by atoms with Gasteiger partial charge in [-0.3, -0.25) is 9.78 Å². The van der Waals surface area contributed by atoms with E-state index in [4.69, 9.17) is 0 Å². The highest BCUT2D eigenvalue weighted by Crippen LogP contribution is 2.35. The summed E-state index contributed by atoms with van der Waals surface area (Å²) in [5, 5.41) is 3.68. The quantitative estimate of drug-likeness (QED) is 0.937. The van der Waals surface area contributed by atoms with E-state index in [0.29, 0.717) is 24.9 Å². The first-order chi connectivity index (χ1) is 10.6. The van der Waals surface area contributed by atoms with E-state index in [9.17, 15) is 13.6 Å². The molecular weight excluding hydrogens is 286 g/mol. The molecule has 2 aromatic rings. The van der Waals surface area contributed by atoms with Crippen molar-refractivity contribution < 1.29 is 13.6 Å². The van der Waals surface area contributed by atoms with Crippen molar-refractivity contribution >= 4 is 16.8 Å². The summed E-state index contributed by atoms with van der Waals surface area (Å²) < 4.78 is 26.2. The number of aromatic nitrogens is 1. The normalized spacial score (nSPS) is 18.3. The van der Waals surface area contributed by atoms with Gasteiger partial charge in [0, 0.05) is 36.5 Å². The second-order valence-corrected chi connectivity index (χ2v) is 5.89. The van der Waals surface area contributed by atoms with E-state index < -0.39 is 5.92 Å². The first-order valence-corrected chi connectivity index (χ1v) is 7.55. The van der Waals surface area contributed by atoms with Crippen LogP contribution in [-0.2, 0) is 0 Å². The van der Waals surface area contributed by atoms with Crippen LogP contribution in [0.4, 0.5) is 8.78 Å². The third-order valence-corrected chi connectivity index (χ3v) is 4.28. The Balaban J connectivity index is 1.65. The lowest BCUT2D eigenvalue weighted by Gasteiger charge is -2.28. The van der Waals surface area contributed by atoms with Crippen molar-refractivity contribution in [2.45, 2.75) is 31.6 Å². The SMILES string of the molecule is O=C(NCC1CCC(F)(F)CC1)c1cccc2ncccc12. The molecule has 1 fully saturated rings. The van der Waals surface area contributed by atoms with Crippen LogP contribution in [0.25, 0.3) is 10.9 Å². The summed E-state index contributed by atoms with van der Waals surface area (Å²) in [6, 6.07) is 9.07. The Morgan fingerprint density at radius 2 is 2.00 bits per heavy atom. The van der Waals surface area contributed by atoms with Gasteiger partial charge in [0.1, 0.15) is 0 Å². The van der Waals surface area contributed by atoms with Gasteiger partial charge in [-0.1, -0.05) is 12.1 Å². The van der Waals surface area contributed by atoms with E-state index in [2.05, 4.69) is 10.3 Å². The van der Waals surface area contributed by atoms with Gasteiger partial charge in [-0.25, -0.2) is 8.78 Å². The fourth-order valence-electron chi connectivity index (χ4n) is 2.94. The zero-order chi connectivity index (χ0) is 15.6. The molecule has 3 rings (SSSR count). The maximum absolute atomic E-state index is 13.1. The van der Waals surface area contributed by atoms with Crippen molar-refractivity contribution in [2.75, 3.05) is 6.54 Å². The predicted molar refractivity (Wildman–Crippen MR) is 81.0 cm³/mol. The average Bonchev–Trinajstić information content (AvgIpc) is 2.53. The summed E-state index contributed by atoms with van der Waals surface area (Å²) in [5.41, 5.74) is 1.35. The Kier molecular flexibility index (Phi) is 4.05. The molecule has 5 heteroatoms. The first kappa shape index (κ1) is 14.9. The Bertz CT molecular complexity index is 672. The van der Waals surface area contributed by atoms with E-state index in [1.54, 1.807) is 24.4 Å². The summed E-state index contributed by atoms with van der Waals surface area (Å²) in [7, 11) is 0. The van der Waals surface area contributed by atoms with Crippen molar-refractivity contribution in [3.63, 3.8) is 0 Å². The molecular formula is C17H18F2N2O. The van der Waals surface area contributed by atoms with Gasteiger partial charge in [0.2, 0.25) is 5.92 Å². The second-order valence-electron chi connectivity index (χ2n) is 5.89. The number of amides is 1. The van der Waals surface area contributed by atoms with E-state index >= 15 is 0 Å². The van der Waals surface area contributed by atoms with E-state index in [1.807, 2.05) is 12.1 Å². The Morgan fingerprint density at radius 1 is 1.23 bits per heavy atom. The lowest BCUT2D eigenvalue weighted by Crippen LogP contribution is -2.33. The summed E-state index contributed by atoms with van der Waals surface area (Å²) in [5.74, 6) is -2.56. The monoisotopic (exact) mass is 304 g/mol. The van der Waals surface area contributed by atoms with Crippen LogP contribution < -0.4 is 5.32 Å². The smallest absolute Gasteiger partial charge is 0.251 e. The average molecular weight is 304 g/mol. The number of fused-ring (bicyclic) bond motifs is 1. The highest BCUT2D eigenvalue weighted by atomic mass is 19.3. The van der Waals surface area contributed by atoms with E-state index in [-0.39, 0.29) is 24.7 Å². The number of carbonyl (C=O) groups is 1. The minimum atomic E-state index is -2.53.